The summed E-state index contributed by atoms with van der Waals surface area (Å²) < 4.78 is 2.22. The van der Waals surface area contributed by atoms with Gasteiger partial charge in [-0.15, -0.1) is 0 Å². The second-order valence-corrected chi connectivity index (χ2v) is 7.55. The first-order valence-electron chi connectivity index (χ1n) is 10.3. The van der Waals surface area contributed by atoms with Crippen molar-refractivity contribution in [2.24, 2.45) is 0 Å². The number of aromatic nitrogens is 2. The number of pyridine rings is 1. The molecule has 6 heteroatoms. The van der Waals surface area contributed by atoms with E-state index in [0.717, 1.165) is 54.4 Å². The van der Waals surface area contributed by atoms with E-state index in [0.29, 0.717) is 6.54 Å². The van der Waals surface area contributed by atoms with E-state index < -0.39 is 0 Å². The molecular weight excluding hydrogens is 362 g/mol. The molecule has 0 aromatic carbocycles. The number of rotatable bonds is 7. The van der Waals surface area contributed by atoms with Crippen LogP contribution in [-0.4, -0.2) is 28.5 Å². The molecule has 0 unspecified atom stereocenters. The second-order valence-electron chi connectivity index (χ2n) is 7.55. The van der Waals surface area contributed by atoms with Crippen LogP contribution in [0, 0.1) is 25.2 Å². The largest absolute Gasteiger partial charge is 0.357 e. The average Bonchev–Trinajstić information content (AvgIpc) is 3.35. The van der Waals surface area contributed by atoms with Crippen LogP contribution in [0.15, 0.2) is 30.0 Å². The summed E-state index contributed by atoms with van der Waals surface area (Å²) in [7, 11) is 0. The van der Waals surface area contributed by atoms with Gasteiger partial charge in [-0.05, 0) is 68.5 Å². The number of hydrogen-bond donors (Lipinski definition) is 1. The standard InChI is InChI=1S/C23H29N5O/c1-4-9-28-17(2)12-20(18(28)3)14-21(15-24)23(29)26-16-19-7-8-25-22(13-19)27-10-5-6-11-27/h7-8,12-14H,4-6,9-11,16H2,1-3H3,(H,26,29)/b21-14+. The Labute approximate surface area is 172 Å². The van der Waals surface area contributed by atoms with Gasteiger partial charge in [0, 0.05) is 43.8 Å². The van der Waals surface area contributed by atoms with Gasteiger partial charge in [0.1, 0.15) is 17.5 Å². The van der Waals surface area contributed by atoms with Crippen LogP contribution in [0.3, 0.4) is 0 Å². The van der Waals surface area contributed by atoms with Crippen LogP contribution in [0.4, 0.5) is 5.82 Å². The first kappa shape index (κ1) is 20.7. The fraction of sp³-hybridized carbons (Fsp3) is 0.435. The van der Waals surface area contributed by atoms with E-state index in [9.17, 15) is 10.1 Å². The van der Waals surface area contributed by atoms with Gasteiger partial charge in [0.15, 0.2) is 0 Å². The lowest BCUT2D eigenvalue weighted by atomic mass is 10.1. The highest BCUT2D eigenvalue weighted by molar-refractivity contribution is 6.01. The number of nitrogens with zero attached hydrogens (tertiary/aromatic N) is 4. The van der Waals surface area contributed by atoms with E-state index >= 15 is 0 Å². The number of aryl methyl sites for hydroxylation is 1. The van der Waals surface area contributed by atoms with E-state index in [1.54, 1.807) is 12.3 Å². The summed E-state index contributed by atoms with van der Waals surface area (Å²) >= 11 is 0. The van der Waals surface area contributed by atoms with E-state index in [1.807, 2.05) is 38.1 Å². The maximum Gasteiger partial charge on any atom is 0.262 e. The Balaban J connectivity index is 1.69. The van der Waals surface area contributed by atoms with Crippen LogP contribution >= 0.6 is 0 Å². The van der Waals surface area contributed by atoms with E-state index in [4.69, 9.17) is 0 Å². The van der Waals surface area contributed by atoms with E-state index in [-0.39, 0.29) is 11.5 Å². The van der Waals surface area contributed by atoms with E-state index in [2.05, 4.69) is 26.7 Å². The third-order valence-corrected chi connectivity index (χ3v) is 5.42. The summed E-state index contributed by atoms with van der Waals surface area (Å²) in [5.74, 6) is 0.598. The van der Waals surface area contributed by atoms with Gasteiger partial charge in [-0.1, -0.05) is 6.92 Å². The lowest BCUT2D eigenvalue weighted by Gasteiger charge is -2.17. The van der Waals surface area contributed by atoms with Crippen LogP contribution in [0.1, 0.15) is 48.7 Å². The highest BCUT2D eigenvalue weighted by Crippen LogP contribution is 2.20. The lowest BCUT2D eigenvalue weighted by Crippen LogP contribution is -2.24. The zero-order valence-corrected chi connectivity index (χ0v) is 17.5. The Hall–Kier alpha value is -3.07. The summed E-state index contributed by atoms with van der Waals surface area (Å²) in [6.45, 7) is 9.57. The van der Waals surface area contributed by atoms with Crippen molar-refractivity contribution in [1.29, 1.82) is 5.26 Å². The van der Waals surface area contributed by atoms with Crippen LogP contribution in [0.2, 0.25) is 0 Å². The Morgan fingerprint density at radius 3 is 2.76 bits per heavy atom. The summed E-state index contributed by atoms with van der Waals surface area (Å²) in [6.07, 6.45) is 6.89. The molecule has 2 aromatic rings. The van der Waals surface area contributed by atoms with Crippen molar-refractivity contribution >= 4 is 17.8 Å². The van der Waals surface area contributed by atoms with Crippen molar-refractivity contribution in [3.05, 3.63) is 52.5 Å². The van der Waals surface area contributed by atoms with Crippen molar-refractivity contribution in [2.75, 3.05) is 18.0 Å². The molecule has 0 bridgehead atoms. The predicted molar refractivity (Wildman–Crippen MR) is 115 cm³/mol. The molecule has 1 N–H and O–H groups in total. The molecule has 29 heavy (non-hydrogen) atoms. The van der Waals surface area contributed by atoms with Gasteiger partial charge < -0.3 is 14.8 Å². The third kappa shape index (κ3) is 4.86. The highest BCUT2D eigenvalue weighted by atomic mass is 16.1. The van der Waals surface area contributed by atoms with Gasteiger partial charge in [-0.25, -0.2) is 4.98 Å². The molecule has 1 amide bonds. The quantitative estimate of drug-likeness (QED) is 0.576. The van der Waals surface area contributed by atoms with Gasteiger partial charge >= 0.3 is 0 Å². The normalized spacial score (nSPS) is 14.1. The number of nitrogens with one attached hydrogen (secondary N) is 1. The Morgan fingerprint density at radius 1 is 1.31 bits per heavy atom. The predicted octanol–water partition coefficient (Wildman–Crippen LogP) is 3.73. The highest BCUT2D eigenvalue weighted by Gasteiger charge is 2.15. The van der Waals surface area contributed by atoms with Crippen LogP contribution < -0.4 is 10.2 Å². The summed E-state index contributed by atoms with van der Waals surface area (Å²) in [5.41, 5.74) is 4.24. The number of nitriles is 1. The Morgan fingerprint density at radius 2 is 2.07 bits per heavy atom. The fourth-order valence-electron chi connectivity index (χ4n) is 3.81. The fourth-order valence-corrected chi connectivity index (χ4v) is 3.81. The molecule has 1 aliphatic rings. The van der Waals surface area contributed by atoms with Crippen LogP contribution in [0.5, 0.6) is 0 Å². The van der Waals surface area contributed by atoms with Crippen LogP contribution in [-0.2, 0) is 17.9 Å². The molecule has 1 saturated heterocycles. The monoisotopic (exact) mass is 391 g/mol. The van der Waals surface area contributed by atoms with Crippen molar-refractivity contribution < 1.29 is 4.79 Å². The zero-order chi connectivity index (χ0) is 20.8. The number of amides is 1. The van der Waals surface area contributed by atoms with Gasteiger partial charge in [-0.3, -0.25) is 4.79 Å². The number of anilines is 1. The summed E-state index contributed by atoms with van der Waals surface area (Å²) in [6, 6.07) is 7.99. The van der Waals surface area contributed by atoms with Crippen molar-refractivity contribution in [3.8, 4) is 6.07 Å². The van der Waals surface area contributed by atoms with Crippen molar-refractivity contribution in [1.82, 2.24) is 14.9 Å². The topological polar surface area (TPSA) is 74.0 Å². The minimum absolute atomic E-state index is 0.121. The van der Waals surface area contributed by atoms with Gasteiger partial charge in [0.05, 0.1) is 0 Å². The third-order valence-electron chi connectivity index (χ3n) is 5.42. The number of hydrogen-bond acceptors (Lipinski definition) is 4. The van der Waals surface area contributed by atoms with Crippen molar-refractivity contribution in [2.45, 2.75) is 53.1 Å². The molecule has 1 fully saturated rings. The smallest absolute Gasteiger partial charge is 0.262 e. The molecule has 3 rings (SSSR count). The SMILES string of the molecule is CCCn1c(C)cc(/C=C(\C#N)C(=O)NCc2ccnc(N3CCCC3)c2)c1C. The summed E-state index contributed by atoms with van der Waals surface area (Å²) in [4.78, 5) is 19.3. The maximum atomic E-state index is 12.6. The summed E-state index contributed by atoms with van der Waals surface area (Å²) in [5, 5.41) is 12.4. The molecule has 0 radical (unpaired) electrons. The minimum Gasteiger partial charge on any atom is -0.357 e. The maximum absolute atomic E-state index is 12.6. The molecule has 0 atom stereocenters. The average molecular weight is 392 g/mol. The number of carbonyl (C=O) groups is 1. The zero-order valence-electron chi connectivity index (χ0n) is 17.5. The molecule has 0 aliphatic carbocycles. The van der Waals surface area contributed by atoms with E-state index in [1.165, 1.54) is 12.8 Å². The first-order chi connectivity index (χ1) is 14.0. The molecule has 3 heterocycles. The Kier molecular flexibility index (Phi) is 6.71. The molecule has 2 aromatic heterocycles. The van der Waals surface area contributed by atoms with Crippen LogP contribution in [0.25, 0.3) is 6.08 Å². The molecule has 0 saturated carbocycles. The molecular formula is C23H29N5O. The Bertz CT molecular complexity index is 945. The first-order valence-corrected chi connectivity index (χ1v) is 10.3. The number of carbonyl (C=O) groups excluding carboxylic acids is 1. The van der Waals surface area contributed by atoms with Gasteiger partial charge in [0.2, 0.25) is 0 Å². The van der Waals surface area contributed by atoms with Gasteiger partial charge in [-0.2, -0.15) is 5.26 Å². The molecule has 152 valence electrons. The molecule has 1 aliphatic heterocycles. The van der Waals surface area contributed by atoms with Gasteiger partial charge in [0.25, 0.3) is 5.91 Å². The van der Waals surface area contributed by atoms with Crippen molar-refractivity contribution in [3.63, 3.8) is 0 Å². The molecule has 0 spiro atoms. The lowest BCUT2D eigenvalue weighted by molar-refractivity contribution is -0.117. The minimum atomic E-state index is -0.354. The second kappa shape index (κ2) is 9.42. The molecule has 6 nitrogen and oxygen atoms in total.